The van der Waals surface area contributed by atoms with Crippen LogP contribution < -0.4 is 4.90 Å². The largest absolute Gasteiger partial charge is 0.354 e. The third-order valence-corrected chi connectivity index (χ3v) is 4.69. The number of hydrogen-bond donors (Lipinski definition) is 0. The molecule has 1 aliphatic carbocycles. The zero-order valence-electron chi connectivity index (χ0n) is 13.2. The number of anilines is 1. The van der Waals surface area contributed by atoms with E-state index in [2.05, 4.69) is 25.8 Å². The first-order chi connectivity index (χ1) is 11.3. The van der Waals surface area contributed by atoms with Gasteiger partial charge in [0.1, 0.15) is 18.0 Å². The van der Waals surface area contributed by atoms with Crippen LogP contribution in [0.25, 0.3) is 0 Å². The Morgan fingerprint density at radius 3 is 2.43 bits per heavy atom. The Hall–Kier alpha value is -2.01. The lowest BCUT2D eigenvalue weighted by molar-refractivity contribution is 0.249. The minimum absolute atomic E-state index is 0.172. The Morgan fingerprint density at radius 2 is 1.74 bits per heavy atom. The molecule has 0 amide bonds. The van der Waals surface area contributed by atoms with Crippen LogP contribution in [0.3, 0.4) is 0 Å². The Kier molecular flexibility index (Phi) is 3.95. The monoisotopic (exact) mass is 312 g/mol. The molecule has 0 N–H and O–H groups in total. The van der Waals surface area contributed by atoms with Crippen LogP contribution in [0, 0.1) is 5.82 Å². The van der Waals surface area contributed by atoms with Gasteiger partial charge in [-0.2, -0.15) is 0 Å². The minimum Gasteiger partial charge on any atom is -0.354 e. The highest BCUT2D eigenvalue weighted by Gasteiger charge is 2.26. The summed E-state index contributed by atoms with van der Waals surface area (Å²) in [4.78, 5) is 13.6. The Bertz CT molecular complexity index is 661. The predicted molar refractivity (Wildman–Crippen MR) is 87.9 cm³/mol. The maximum absolute atomic E-state index is 13.0. The number of piperazine rings is 1. The van der Waals surface area contributed by atoms with Crippen molar-refractivity contribution in [2.24, 2.45) is 0 Å². The lowest BCUT2D eigenvalue weighted by Gasteiger charge is -2.35. The van der Waals surface area contributed by atoms with Crippen molar-refractivity contribution in [1.82, 2.24) is 14.9 Å². The van der Waals surface area contributed by atoms with E-state index in [4.69, 9.17) is 0 Å². The second kappa shape index (κ2) is 6.24. The van der Waals surface area contributed by atoms with Crippen molar-refractivity contribution in [1.29, 1.82) is 0 Å². The van der Waals surface area contributed by atoms with Crippen LogP contribution in [0.15, 0.2) is 36.7 Å². The van der Waals surface area contributed by atoms with Gasteiger partial charge in [0.2, 0.25) is 0 Å². The first-order valence-electron chi connectivity index (χ1n) is 8.31. The third-order valence-electron chi connectivity index (χ3n) is 4.69. The van der Waals surface area contributed by atoms with Crippen LogP contribution in [0.5, 0.6) is 0 Å². The summed E-state index contributed by atoms with van der Waals surface area (Å²) in [5.74, 6) is 1.55. The van der Waals surface area contributed by atoms with Gasteiger partial charge in [0.05, 0.1) is 0 Å². The fourth-order valence-electron chi connectivity index (χ4n) is 3.12. The van der Waals surface area contributed by atoms with Gasteiger partial charge < -0.3 is 4.90 Å². The van der Waals surface area contributed by atoms with E-state index in [0.717, 1.165) is 44.1 Å². The van der Waals surface area contributed by atoms with E-state index in [-0.39, 0.29) is 5.82 Å². The van der Waals surface area contributed by atoms with Gasteiger partial charge in [-0.05, 0) is 30.5 Å². The molecule has 23 heavy (non-hydrogen) atoms. The highest BCUT2D eigenvalue weighted by atomic mass is 19.1. The van der Waals surface area contributed by atoms with Gasteiger partial charge in [0, 0.05) is 50.4 Å². The molecular formula is C18H21FN4. The quantitative estimate of drug-likeness (QED) is 0.869. The van der Waals surface area contributed by atoms with Gasteiger partial charge >= 0.3 is 0 Å². The molecule has 120 valence electrons. The van der Waals surface area contributed by atoms with E-state index in [0.29, 0.717) is 5.92 Å². The van der Waals surface area contributed by atoms with Crippen LogP contribution >= 0.6 is 0 Å². The zero-order chi connectivity index (χ0) is 15.6. The van der Waals surface area contributed by atoms with E-state index >= 15 is 0 Å². The molecule has 4 nitrogen and oxygen atoms in total. The second-order valence-electron chi connectivity index (χ2n) is 6.47. The van der Waals surface area contributed by atoms with Crippen LogP contribution in [0.4, 0.5) is 10.2 Å². The summed E-state index contributed by atoms with van der Waals surface area (Å²) in [5.41, 5.74) is 2.36. The Labute approximate surface area is 136 Å². The molecule has 0 atom stereocenters. The molecule has 1 saturated carbocycles. The molecule has 1 aromatic heterocycles. The smallest absolute Gasteiger partial charge is 0.132 e. The molecule has 4 rings (SSSR count). The second-order valence-corrected chi connectivity index (χ2v) is 6.47. The average molecular weight is 312 g/mol. The van der Waals surface area contributed by atoms with E-state index in [9.17, 15) is 4.39 Å². The number of rotatable bonds is 4. The lowest BCUT2D eigenvalue weighted by atomic mass is 10.2. The molecule has 2 aliphatic rings. The Balaban J connectivity index is 1.35. The highest BCUT2D eigenvalue weighted by molar-refractivity contribution is 5.41. The van der Waals surface area contributed by atoms with Crippen molar-refractivity contribution in [2.45, 2.75) is 25.3 Å². The van der Waals surface area contributed by atoms with Gasteiger partial charge in [0.25, 0.3) is 0 Å². The summed E-state index contributed by atoms with van der Waals surface area (Å²) in [6, 6.07) is 8.97. The molecule has 2 heterocycles. The zero-order valence-corrected chi connectivity index (χ0v) is 13.2. The van der Waals surface area contributed by atoms with Gasteiger partial charge in [0.15, 0.2) is 0 Å². The van der Waals surface area contributed by atoms with Crippen molar-refractivity contribution in [3.8, 4) is 0 Å². The molecule has 0 spiro atoms. The van der Waals surface area contributed by atoms with Gasteiger partial charge in [-0.15, -0.1) is 0 Å². The summed E-state index contributed by atoms with van der Waals surface area (Å²) in [7, 11) is 0. The molecule has 0 unspecified atom stereocenters. The fraction of sp³-hybridized carbons (Fsp3) is 0.444. The highest BCUT2D eigenvalue weighted by Crippen LogP contribution is 2.39. The molecule has 0 radical (unpaired) electrons. The Morgan fingerprint density at radius 1 is 1.00 bits per heavy atom. The summed E-state index contributed by atoms with van der Waals surface area (Å²) >= 11 is 0. The van der Waals surface area contributed by atoms with Gasteiger partial charge in [-0.3, -0.25) is 4.90 Å². The first-order valence-corrected chi connectivity index (χ1v) is 8.31. The number of aromatic nitrogens is 2. The van der Waals surface area contributed by atoms with Crippen LogP contribution in [0.2, 0.25) is 0 Å². The number of hydrogen-bond acceptors (Lipinski definition) is 4. The molecule has 1 aliphatic heterocycles. The molecule has 1 saturated heterocycles. The molecular weight excluding hydrogens is 291 g/mol. The van der Waals surface area contributed by atoms with Crippen molar-refractivity contribution in [2.75, 3.05) is 31.1 Å². The fourth-order valence-corrected chi connectivity index (χ4v) is 3.12. The van der Waals surface area contributed by atoms with Gasteiger partial charge in [-0.25, -0.2) is 14.4 Å². The molecule has 1 aromatic carbocycles. The van der Waals surface area contributed by atoms with Crippen molar-refractivity contribution in [3.05, 3.63) is 53.7 Å². The summed E-state index contributed by atoms with van der Waals surface area (Å²) < 4.78 is 13.0. The van der Waals surface area contributed by atoms with E-state index in [1.807, 2.05) is 12.1 Å². The average Bonchev–Trinajstić information content (AvgIpc) is 3.43. The van der Waals surface area contributed by atoms with E-state index in [1.54, 1.807) is 6.33 Å². The molecule has 2 fully saturated rings. The molecule has 5 heteroatoms. The SMILES string of the molecule is Fc1ccc(CN2CCN(c3cc(C4CC4)ncn3)CC2)cc1. The third kappa shape index (κ3) is 3.50. The lowest BCUT2D eigenvalue weighted by Crippen LogP contribution is -2.46. The molecule has 2 aromatic rings. The summed E-state index contributed by atoms with van der Waals surface area (Å²) in [6.45, 7) is 4.83. The predicted octanol–water partition coefficient (Wildman–Crippen LogP) is 2.82. The number of benzene rings is 1. The standard InChI is InChI=1S/C18H21FN4/c19-16-5-1-14(2-6-16)12-22-7-9-23(10-8-22)18-11-17(15-3-4-15)20-13-21-18/h1-2,5-6,11,13,15H,3-4,7-10,12H2. The summed E-state index contributed by atoms with van der Waals surface area (Å²) in [6.07, 6.45) is 4.23. The first kappa shape index (κ1) is 14.6. The van der Waals surface area contributed by atoms with Crippen molar-refractivity contribution in [3.63, 3.8) is 0 Å². The summed E-state index contributed by atoms with van der Waals surface area (Å²) in [5, 5.41) is 0. The number of nitrogens with zero attached hydrogens (tertiary/aromatic N) is 4. The van der Waals surface area contributed by atoms with E-state index in [1.165, 1.54) is 30.7 Å². The maximum atomic E-state index is 13.0. The van der Waals surface area contributed by atoms with Crippen molar-refractivity contribution < 1.29 is 4.39 Å². The van der Waals surface area contributed by atoms with Crippen LogP contribution in [-0.4, -0.2) is 41.0 Å². The normalized spacial score (nSPS) is 19.1. The maximum Gasteiger partial charge on any atom is 0.132 e. The molecule has 0 bridgehead atoms. The van der Waals surface area contributed by atoms with Gasteiger partial charge in [-0.1, -0.05) is 12.1 Å². The minimum atomic E-state index is -0.172. The van der Waals surface area contributed by atoms with Crippen molar-refractivity contribution >= 4 is 5.82 Å². The van der Waals surface area contributed by atoms with Crippen LogP contribution in [0.1, 0.15) is 30.0 Å². The van der Waals surface area contributed by atoms with Crippen LogP contribution in [-0.2, 0) is 6.54 Å². The van der Waals surface area contributed by atoms with E-state index < -0.39 is 0 Å². The number of halogens is 1. The topological polar surface area (TPSA) is 32.3 Å².